The summed E-state index contributed by atoms with van der Waals surface area (Å²) in [5.41, 5.74) is 2.30. The number of hydrogen-bond donors (Lipinski definition) is 2. The Morgan fingerprint density at radius 2 is 1.73 bits per heavy atom. The minimum Gasteiger partial charge on any atom is -0.348 e. The molecule has 1 aliphatic heterocycles. The quantitative estimate of drug-likeness (QED) is 0.733. The molecule has 1 saturated heterocycles. The van der Waals surface area contributed by atoms with E-state index in [4.69, 9.17) is 0 Å². The number of sulfonamides is 1. The van der Waals surface area contributed by atoms with Gasteiger partial charge in [-0.3, -0.25) is 9.59 Å². The highest BCUT2D eigenvalue weighted by Gasteiger charge is 2.27. The zero-order valence-electron chi connectivity index (χ0n) is 17.2. The first kappa shape index (κ1) is 22.0. The first-order valence-corrected chi connectivity index (χ1v) is 11.4. The monoisotopic (exact) mass is 429 g/mol. The van der Waals surface area contributed by atoms with E-state index in [-0.39, 0.29) is 22.3 Å². The summed E-state index contributed by atoms with van der Waals surface area (Å²) >= 11 is 0. The molecule has 2 amide bonds. The van der Waals surface area contributed by atoms with Crippen LogP contribution < -0.4 is 10.0 Å². The van der Waals surface area contributed by atoms with Gasteiger partial charge in [0.25, 0.3) is 15.9 Å². The molecular weight excluding hydrogens is 402 g/mol. The third-order valence-electron chi connectivity index (χ3n) is 5.30. The Labute approximate surface area is 177 Å². The van der Waals surface area contributed by atoms with E-state index in [2.05, 4.69) is 14.9 Å². The molecule has 0 saturated carbocycles. The van der Waals surface area contributed by atoms with Crippen molar-refractivity contribution in [2.24, 2.45) is 5.92 Å². The molecule has 0 atom stereocenters. The van der Waals surface area contributed by atoms with E-state index in [1.165, 1.54) is 18.2 Å². The van der Waals surface area contributed by atoms with Crippen molar-refractivity contribution in [3.8, 4) is 0 Å². The summed E-state index contributed by atoms with van der Waals surface area (Å²) < 4.78 is 27.5. The molecule has 0 bridgehead atoms. The first-order valence-electron chi connectivity index (χ1n) is 9.93. The average Bonchev–Trinajstić information content (AvgIpc) is 2.73. The lowest BCUT2D eigenvalue weighted by Gasteiger charge is -2.27. The average molecular weight is 430 g/mol. The fraction of sp³-hybridized carbons (Fsp3) is 0.364. The Kier molecular flexibility index (Phi) is 6.89. The lowest BCUT2D eigenvalue weighted by molar-refractivity contribution is -0.124. The van der Waals surface area contributed by atoms with Crippen molar-refractivity contribution in [2.45, 2.75) is 31.2 Å². The van der Waals surface area contributed by atoms with E-state index >= 15 is 0 Å². The summed E-state index contributed by atoms with van der Waals surface area (Å²) in [6.07, 6.45) is 1.25. The second kappa shape index (κ2) is 9.40. The summed E-state index contributed by atoms with van der Waals surface area (Å²) in [7, 11) is -2.07. The summed E-state index contributed by atoms with van der Waals surface area (Å²) in [5, 5.41) is 2.78. The van der Waals surface area contributed by atoms with Crippen LogP contribution in [0.5, 0.6) is 0 Å². The van der Waals surface area contributed by atoms with Gasteiger partial charge in [-0.1, -0.05) is 35.9 Å². The van der Waals surface area contributed by atoms with E-state index in [1.807, 2.05) is 38.2 Å². The summed E-state index contributed by atoms with van der Waals surface area (Å²) in [6, 6.07) is 13.5. The van der Waals surface area contributed by atoms with E-state index in [0.717, 1.165) is 24.2 Å². The van der Waals surface area contributed by atoms with Gasteiger partial charge in [0.1, 0.15) is 0 Å². The summed E-state index contributed by atoms with van der Waals surface area (Å²) in [4.78, 5) is 26.9. The number of hydrogen-bond acceptors (Lipinski definition) is 5. The molecule has 7 nitrogen and oxygen atoms in total. The predicted molar refractivity (Wildman–Crippen MR) is 114 cm³/mol. The van der Waals surface area contributed by atoms with Gasteiger partial charge >= 0.3 is 0 Å². The van der Waals surface area contributed by atoms with Crippen molar-refractivity contribution < 1.29 is 18.0 Å². The smallest absolute Gasteiger partial charge is 0.264 e. The topological polar surface area (TPSA) is 95.6 Å². The van der Waals surface area contributed by atoms with Crippen LogP contribution in [0.3, 0.4) is 0 Å². The fourth-order valence-corrected chi connectivity index (χ4v) is 4.43. The van der Waals surface area contributed by atoms with Crippen molar-refractivity contribution in [3.05, 3.63) is 65.2 Å². The minimum atomic E-state index is -4.04. The second-order valence-electron chi connectivity index (χ2n) is 7.74. The maximum atomic E-state index is 12.7. The van der Waals surface area contributed by atoms with Gasteiger partial charge in [-0.2, -0.15) is 0 Å². The van der Waals surface area contributed by atoms with Gasteiger partial charge in [0, 0.05) is 18.0 Å². The zero-order valence-corrected chi connectivity index (χ0v) is 18.0. The van der Waals surface area contributed by atoms with Crippen molar-refractivity contribution >= 4 is 21.8 Å². The molecule has 0 aromatic heterocycles. The first-order chi connectivity index (χ1) is 14.2. The molecule has 0 aliphatic carbocycles. The molecule has 2 aromatic rings. The van der Waals surface area contributed by atoms with Crippen LogP contribution in [0.25, 0.3) is 0 Å². The molecule has 1 aliphatic rings. The van der Waals surface area contributed by atoms with Crippen LogP contribution in [0.2, 0.25) is 0 Å². The predicted octanol–water partition coefficient (Wildman–Crippen LogP) is 2.07. The normalized spacial score (nSPS) is 15.5. The van der Waals surface area contributed by atoms with Crippen molar-refractivity contribution in [1.82, 2.24) is 14.9 Å². The molecule has 30 heavy (non-hydrogen) atoms. The third-order valence-corrected chi connectivity index (χ3v) is 6.65. The van der Waals surface area contributed by atoms with Gasteiger partial charge < -0.3 is 10.2 Å². The number of carbonyl (C=O) groups is 2. The van der Waals surface area contributed by atoms with Crippen LogP contribution in [0.15, 0.2) is 53.4 Å². The van der Waals surface area contributed by atoms with Gasteiger partial charge in [0.05, 0.1) is 4.90 Å². The van der Waals surface area contributed by atoms with Crippen LogP contribution in [0, 0.1) is 12.8 Å². The van der Waals surface area contributed by atoms with Crippen LogP contribution in [-0.2, 0) is 21.4 Å². The molecule has 0 unspecified atom stereocenters. The second-order valence-corrected chi connectivity index (χ2v) is 9.43. The fourth-order valence-electron chi connectivity index (χ4n) is 3.34. The Hall–Kier alpha value is -2.71. The Balaban J connectivity index is 1.64. The Bertz CT molecular complexity index is 1010. The molecule has 0 radical (unpaired) electrons. The largest absolute Gasteiger partial charge is 0.348 e. The van der Waals surface area contributed by atoms with Crippen LogP contribution in [-0.4, -0.2) is 45.3 Å². The van der Waals surface area contributed by atoms with Crippen molar-refractivity contribution in [1.29, 1.82) is 0 Å². The third kappa shape index (κ3) is 5.67. The van der Waals surface area contributed by atoms with Gasteiger partial charge in [-0.25, -0.2) is 13.1 Å². The molecule has 8 heteroatoms. The number of carbonyl (C=O) groups excluding carboxylic acids is 2. The minimum absolute atomic E-state index is 0.105. The molecule has 1 heterocycles. The maximum absolute atomic E-state index is 12.7. The number of likely N-dealkylation sites (tertiary alicyclic amines) is 1. The number of nitrogens with one attached hydrogen (secondary N) is 2. The van der Waals surface area contributed by atoms with E-state index in [9.17, 15) is 18.0 Å². The lowest BCUT2D eigenvalue weighted by Crippen LogP contribution is -2.41. The Morgan fingerprint density at radius 3 is 2.40 bits per heavy atom. The number of rotatable bonds is 6. The molecule has 1 fully saturated rings. The lowest BCUT2D eigenvalue weighted by atomic mass is 9.97. The zero-order chi connectivity index (χ0) is 21.7. The Morgan fingerprint density at radius 1 is 1.07 bits per heavy atom. The van der Waals surface area contributed by atoms with Crippen LogP contribution >= 0.6 is 0 Å². The molecular formula is C22H27N3O4S. The van der Waals surface area contributed by atoms with Crippen LogP contribution in [0.1, 0.15) is 34.3 Å². The van der Waals surface area contributed by atoms with Gasteiger partial charge in [0.2, 0.25) is 5.91 Å². The van der Waals surface area contributed by atoms with Gasteiger partial charge in [-0.15, -0.1) is 0 Å². The molecule has 160 valence electrons. The molecule has 2 N–H and O–H groups in total. The van der Waals surface area contributed by atoms with E-state index in [0.29, 0.717) is 19.4 Å². The SMILES string of the molecule is Cc1ccc(CNC(=O)c2cccc(S(=O)(=O)NC(=O)C3CCN(C)CC3)c2)cc1. The van der Waals surface area contributed by atoms with Gasteiger partial charge in [0.15, 0.2) is 0 Å². The van der Waals surface area contributed by atoms with Crippen molar-refractivity contribution in [3.63, 3.8) is 0 Å². The number of benzene rings is 2. The molecule has 2 aromatic carbocycles. The molecule has 3 rings (SSSR count). The van der Waals surface area contributed by atoms with E-state index in [1.54, 1.807) is 6.07 Å². The highest BCUT2D eigenvalue weighted by Crippen LogP contribution is 2.18. The maximum Gasteiger partial charge on any atom is 0.264 e. The van der Waals surface area contributed by atoms with Gasteiger partial charge in [-0.05, 0) is 63.7 Å². The van der Waals surface area contributed by atoms with Crippen LogP contribution in [0.4, 0.5) is 0 Å². The number of aryl methyl sites for hydroxylation is 1. The highest BCUT2D eigenvalue weighted by atomic mass is 32.2. The summed E-state index contributed by atoms with van der Waals surface area (Å²) in [6.45, 7) is 3.84. The van der Waals surface area contributed by atoms with E-state index < -0.39 is 15.9 Å². The van der Waals surface area contributed by atoms with Crippen molar-refractivity contribution in [2.75, 3.05) is 20.1 Å². The highest BCUT2D eigenvalue weighted by molar-refractivity contribution is 7.90. The molecule has 0 spiro atoms. The number of nitrogens with zero attached hydrogens (tertiary/aromatic N) is 1. The number of piperidine rings is 1. The summed E-state index contributed by atoms with van der Waals surface area (Å²) in [5.74, 6) is -1.19. The number of amides is 2. The standard InChI is InChI=1S/C22H27N3O4S/c1-16-6-8-17(9-7-16)15-23-21(26)19-4-3-5-20(14-19)30(28,29)24-22(27)18-10-12-25(2)13-11-18/h3-9,14,18H,10-13,15H2,1-2H3,(H,23,26)(H,24,27).